The zero-order chi connectivity index (χ0) is 11.6. The highest BCUT2D eigenvalue weighted by Crippen LogP contribution is 2.36. The SMILES string of the molecule is CNC(=O)c1c(N(C)C)sc(C#N)c1N. The number of anilines is 2. The van der Waals surface area contributed by atoms with Gasteiger partial charge in [0.2, 0.25) is 0 Å². The highest BCUT2D eigenvalue weighted by Gasteiger charge is 2.22. The molecule has 6 heteroatoms. The van der Waals surface area contributed by atoms with Crippen LogP contribution in [0.15, 0.2) is 0 Å². The molecule has 0 aliphatic rings. The van der Waals surface area contributed by atoms with Crippen LogP contribution in [0.3, 0.4) is 0 Å². The van der Waals surface area contributed by atoms with Crippen LogP contribution in [0.5, 0.6) is 0 Å². The van der Waals surface area contributed by atoms with Gasteiger partial charge < -0.3 is 16.0 Å². The molecule has 0 bridgehead atoms. The van der Waals surface area contributed by atoms with Gasteiger partial charge in [0.15, 0.2) is 0 Å². The summed E-state index contributed by atoms with van der Waals surface area (Å²) in [5, 5.41) is 12.0. The van der Waals surface area contributed by atoms with Crippen molar-refractivity contribution >= 4 is 27.9 Å². The molecule has 0 saturated carbocycles. The molecular weight excluding hydrogens is 212 g/mol. The molecule has 15 heavy (non-hydrogen) atoms. The number of carbonyl (C=O) groups excluding carboxylic acids is 1. The van der Waals surface area contributed by atoms with Crippen LogP contribution in [0, 0.1) is 11.3 Å². The Kier molecular flexibility index (Phi) is 3.17. The van der Waals surface area contributed by atoms with Gasteiger partial charge in [-0.3, -0.25) is 4.79 Å². The first kappa shape index (κ1) is 11.3. The molecule has 80 valence electrons. The first-order valence-electron chi connectivity index (χ1n) is 4.24. The molecule has 0 atom stereocenters. The summed E-state index contributed by atoms with van der Waals surface area (Å²) in [6.07, 6.45) is 0. The van der Waals surface area contributed by atoms with Crippen molar-refractivity contribution in [3.05, 3.63) is 10.4 Å². The van der Waals surface area contributed by atoms with E-state index in [1.54, 1.807) is 19.0 Å². The lowest BCUT2D eigenvalue weighted by Crippen LogP contribution is -2.21. The topological polar surface area (TPSA) is 82.2 Å². The van der Waals surface area contributed by atoms with E-state index in [9.17, 15) is 4.79 Å². The van der Waals surface area contributed by atoms with Crippen molar-refractivity contribution in [1.82, 2.24) is 5.32 Å². The number of nitrogen functional groups attached to an aromatic ring is 1. The number of nitrogens with zero attached hydrogens (tertiary/aromatic N) is 2. The van der Waals surface area contributed by atoms with E-state index in [1.807, 2.05) is 6.07 Å². The van der Waals surface area contributed by atoms with E-state index in [-0.39, 0.29) is 11.6 Å². The van der Waals surface area contributed by atoms with E-state index in [2.05, 4.69) is 5.32 Å². The number of thiophene rings is 1. The van der Waals surface area contributed by atoms with E-state index in [0.29, 0.717) is 15.4 Å². The molecule has 0 fully saturated rings. The summed E-state index contributed by atoms with van der Waals surface area (Å²) < 4.78 is 0. The van der Waals surface area contributed by atoms with Crippen LogP contribution in [-0.2, 0) is 0 Å². The van der Waals surface area contributed by atoms with Crippen molar-refractivity contribution in [1.29, 1.82) is 5.26 Å². The first-order valence-corrected chi connectivity index (χ1v) is 5.06. The fourth-order valence-corrected chi connectivity index (χ4v) is 2.11. The fraction of sp³-hybridized carbons (Fsp3) is 0.333. The Morgan fingerprint density at radius 2 is 2.20 bits per heavy atom. The third kappa shape index (κ3) is 1.87. The van der Waals surface area contributed by atoms with E-state index in [4.69, 9.17) is 11.0 Å². The van der Waals surface area contributed by atoms with E-state index in [1.165, 1.54) is 18.4 Å². The van der Waals surface area contributed by atoms with Gasteiger partial charge in [0.1, 0.15) is 15.9 Å². The van der Waals surface area contributed by atoms with Gasteiger partial charge >= 0.3 is 0 Å². The molecule has 1 aromatic heterocycles. The second kappa shape index (κ2) is 4.19. The molecule has 0 spiro atoms. The first-order chi connectivity index (χ1) is 7.02. The molecular formula is C9H12N4OS. The molecule has 5 nitrogen and oxygen atoms in total. The summed E-state index contributed by atoms with van der Waals surface area (Å²) in [5.74, 6) is -0.269. The molecule has 0 aliphatic heterocycles. The van der Waals surface area contributed by atoms with Gasteiger partial charge in [-0.25, -0.2) is 0 Å². The van der Waals surface area contributed by atoms with E-state index in [0.717, 1.165) is 0 Å². The van der Waals surface area contributed by atoms with Crippen LogP contribution in [0.2, 0.25) is 0 Å². The Bertz CT molecular complexity index is 430. The summed E-state index contributed by atoms with van der Waals surface area (Å²) >= 11 is 1.22. The molecule has 1 amide bonds. The van der Waals surface area contributed by atoms with Gasteiger partial charge in [0, 0.05) is 21.1 Å². The predicted molar refractivity (Wildman–Crippen MR) is 61.2 cm³/mol. The Hall–Kier alpha value is -1.74. The van der Waals surface area contributed by atoms with Gasteiger partial charge in [0.05, 0.1) is 11.3 Å². The van der Waals surface area contributed by atoms with E-state index < -0.39 is 0 Å². The minimum atomic E-state index is -0.269. The number of hydrogen-bond acceptors (Lipinski definition) is 5. The molecule has 1 rings (SSSR count). The smallest absolute Gasteiger partial charge is 0.256 e. The summed E-state index contributed by atoms with van der Waals surface area (Å²) in [6, 6.07) is 1.98. The van der Waals surface area contributed by atoms with Crippen LogP contribution in [0.1, 0.15) is 15.2 Å². The lowest BCUT2D eigenvalue weighted by molar-refractivity contribution is 0.0965. The monoisotopic (exact) mass is 224 g/mol. The maximum Gasteiger partial charge on any atom is 0.256 e. The average molecular weight is 224 g/mol. The van der Waals surface area contributed by atoms with Crippen molar-refractivity contribution < 1.29 is 4.79 Å². The molecule has 0 aliphatic carbocycles. The van der Waals surface area contributed by atoms with Crippen molar-refractivity contribution in [3.8, 4) is 6.07 Å². The number of nitrogens with one attached hydrogen (secondary N) is 1. The fourth-order valence-electron chi connectivity index (χ4n) is 1.17. The van der Waals surface area contributed by atoms with Crippen molar-refractivity contribution in [2.45, 2.75) is 0 Å². The van der Waals surface area contributed by atoms with Crippen molar-refractivity contribution in [2.75, 3.05) is 31.8 Å². The second-order valence-corrected chi connectivity index (χ2v) is 4.11. The number of carbonyl (C=O) groups is 1. The largest absolute Gasteiger partial charge is 0.396 e. The third-order valence-corrected chi connectivity index (χ3v) is 3.17. The van der Waals surface area contributed by atoms with Crippen LogP contribution >= 0.6 is 11.3 Å². The minimum absolute atomic E-state index is 0.255. The van der Waals surface area contributed by atoms with Gasteiger partial charge in [-0.2, -0.15) is 5.26 Å². The number of rotatable bonds is 2. The van der Waals surface area contributed by atoms with Gasteiger partial charge in [0.25, 0.3) is 5.91 Å². The normalized spacial score (nSPS) is 9.47. The lowest BCUT2D eigenvalue weighted by Gasteiger charge is -2.11. The molecule has 0 unspecified atom stereocenters. The van der Waals surface area contributed by atoms with Gasteiger partial charge in [-0.1, -0.05) is 0 Å². The molecule has 3 N–H and O–H groups in total. The van der Waals surface area contributed by atoms with E-state index >= 15 is 0 Å². The highest BCUT2D eigenvalue weighted by molar-refractivity contribution is 7.17. The average Bonchev–Trinajstić information content (AvgIpc) is 2.54. The summed E-state index contributed by atoms with van der Waals surface area (Å²) in [5.41, 5.74) is 6.36. The Labute approximate surface area is 92.1 Å². The Morgan fingerprint density at radius 1 is 1.60 bits per heavy atom. The maximum atomic E-state index is 11.6. The number of amides is 1. The molecule has 1 heterocycles. The summed E-state index contributed by atoms with van der Waals surface area (Å²) in [6.45, 7) is 0. The molecule has 1 aromatic rings. The van der Waals surface area contributed by atoms with Crippen LogP contribution in [0.25, 0.3) is 0 Å². The van der Waals surface area contributed by atoms with Gasteiger partial charge in [-0.05, 0) is 0 Å². The summed E-state index contributed by atoms with van der Waals surface area (Å²) in [7, 11) is 5.14. The van der Waals surface area contributed by atoms with Crippen LogP contribution in [-0.4, -0.2) is 27.1 Å². The Balaban J connectivity index is 3.40. The van der Waals surface area contributed by atoms with Crippen LogP contribution in [0.4, 0.5) is 10.7 Å². The highest BCUT2D eigenvalue weighted by atomic mass is 32.1. The quantitative estimate of drug-likeness (QED) is 0.771. The number of hydrogen-bond donors (Lipinski definition) is 2. The molecule has 0 saturated heterocycles. The van der Waals surface area contributed by atoms with Crippen molar-refractivity contribution in [2.24, 2.45) is 0 Å². The lowest BCUT2D eigenvalue weighted by atomic mass is 10.2. The molecule has 0 aromatic carbocycles. The molecule has 0 radical (unpaired) electrons. The van der Waals surface area contributed by atoms with Crippen molar-refractivity contribution in [3.63, 3.8) is 0 Å². The van der Waals surface area contributed by atoms with Crippen LogP contribution < -0.4 is 16.0 Å². The maximum absolute atomic E-state index is 11.6. The zero-order valence-corrected chi connectivity index (χ0v) is 9.60. The standard InChI is InChI=1S/C9H12N4OS/c1-12-8(14)6-7(11)5(4-10)15-9(6)13(2)3/h11H2,1-3H3,(H,12,14). The Morgan fingerprint density at radius 3 is 2.60 bits per heavy atom. The number of nitriles is 1. The second-order valence-electron chi connectivity index (χ2n) is 3.11. The predicted octanol–water partition coefficient (Wildman–Crippen LogP) is 0.628. The third-order valence-electron chi connectivity index (χ3n) is 1.89. The zero-order valence-electron chi connectivity index (χ0n) is 8.79. The minimum Gasteiger partial charge on any atom is -0.396 e. The van der Waals surface area contributed by atoms with Gasteiger partial charge in [-0.15, -0.1) is 11.3 Å². The number of nitrogens with two attached hydrogens (primary N) is 1. The summed E-state index contributed by atoms with van der Waals surface area (Å²) in [4.78, 5) is 13.7.